The monoisotopic (exact) mass is 281 g/mol. The maximum absolute atomic E-state index is 6.85. The second kappa shape index (κ2) is 4.50. The number of para-hydroxylation sites is 1. The van der Waals surface area contributed by atoms with Crippen LogP contribution in [0.2, 0.25) is 0 Å². The number of hydrogen-bond donors (Lipinski definition) is 1. The molecule has 4 rings (SSSR count). The molecule has 21 heavy (non-hydrogen) atoms. The van der Waals surface area contributed by atoms with E-state index in [-0.39, 0.29) is 0 Å². The molecule has 1 aliphatic heterocycles. The highest BCUT2D eigenvalue weighted by Crippen LogP contribution is 2.46. The van der Waals surface area contributed by atoms with Crippen LogP contribution in [-0.4, -0.2) is 13.7 Å². The van der Waals surface area contributed by atoms with Crippen LogP contribution in [-0.2, 0) is 18.4 Å². The average Bonchev–Trinajstić information content (AvgIpc) is 3.12. The Bertz CT molecular complexity index is 710. The first-order valence-electron chi connectivity index (χ1n) is 7.44. The molecular weight excluding hydrogens is 262 g/mol. The van der Waals surface area contributed by atoms with E-state index >= 15 is 0 Å². The Morgan fingerprint density at radius 3 is 2.86 bits per heavy atom. The van der Waals surface area contributed by atoms with Crippen LogP contribution in [0.15, 0.2) is 36.4 Å². The summed E-state index contributed by atoms with van der Waals surface area (Å²) in [6.45, 7) is 0.757. The van der Waals surface area contributed by atoms with Crippen LogP contribution in [0, 0.1) is 0 Å². The Labute approximate surface area is 124 Å². The number of benzene rings is 2. The summed E-state index contributed by atoms with van der Waals surface area (Å²) in [4.78, 5) is 0. The van der Waals surface area contributed by atoms with Crippen LogP contribution in [0.4, 0.5) is 0 Å². The van der Waals surface area contributed by atoms with Crippen LogP contribution in [0.25, 0.3) is 0 Å². The van der Waals surface area contributed by atoms with Crippen molar-refractivity contribution < 1.29 is 9.47 Å². The van der Waals surface area contributed by atoms with Gasteiger partial charge in [-0.1, -0.05) is 24.3 Å². The fourth-order valence-electron chi connectivity index (χ4n) is 3.63. The number of rotatable bonds is 2. The molecule has 1 aliphatic carbocycles. The number of hydrogen-bond acceptors (Lipinski definition) is 3. The van der Waals surface area contributed by atoms with Gasteiger partial charge in [-0.05, 0) is 41.7 Å². The van der Waals surface area contributed by atoms with Gasteiger partial charge in [0.25, 0.3) is 0 Å². The third kappa shape index (κ3) is 1.77. The van der Waals surface area contributed by atoms with Gasteiger partial charge in [-0.15, -0.1) is 0 Å². The van der Waals surface area contributed by atoms with Crippen molar-refractivity contribution >= 4 is 0 Å². The summed E-state index contributed by atoms with van der Waals surface area (Å²) in [5.41, 5.74) is 11.3. The molecule has 0 bridgehead atoms. The Morgan fingerprint density at radius 1 is 1.10 bits per heavy atom. The van der Waals surface area contributed by atoms with Crippen LogP contribution in [0.1, 0.15) is 28.7 Å². The normalized spacial score (nSPS) is 22.6. The summed E-state index contributed by atoms with van der Waals surface area (Å²) in [6, 6.07) is 12.6. The van der Waals surface area contributed by atoms with Crippen molar-refractivity contribution in [1.29, 1.82) is 0 Å². The summed E-state index contributed by atoms with van der Waals surface area (Å²) >= 11 is 0. The summed E-state index contributed by atoms with van der Waals surface area (Å²) in [7, 11) is 1.69. The van der Waals surface area contributed by atoms with Crippen LogP contribution in [0.3, 0.4) is 0 Å². The molecule has 108 valence electrons. The summed E-state index contributed by atoms with van der Waals surface area (Å²) in [6.07, 6.45) is 2.89. The number of ether oxygens (including phenoxy) is 2. The van der Waals surface area contributed by atoms with Crippen molar-refractivity contribution in [3.05, 3.63) is 58.7 Å². The van der Waals surface area contributed by atoms with Crippen molar-refractivity contribution in [3.8, 4) is 11.5 Å². The highest BCUT2D eigenvalue weighted by molar-refractivity contribution is 5.56. The zero-order valence-corrected chi connectivity index (χ0v) is 12.2. The smallest absolute Gasteiger partial charge is 0.128 e. The van der Waals surface area contributed by atoms with Crippen LogP contribution >= 0.6 is 0 Å². The van der Waals surface area contributed by atoms with Gasteiger partial charge in [-0.2, -0.15) is 0 Å². The second-order valence-electron chi connectivity index (χ2n) is 5.89. The van der Waals surface area contributed by atoms with Gasteiger partial charge in [0, 0.05) is 12.0 Å². The molecule has 0 saturated carbocycles. The quantitative estimate of drug-likeness (QED) is 0.920. The van der Waals surface area contributed by atoms with E-state index < -0.39 is 5.54 Å². The fraction of sp³-hybridized carbons (Fsp3) is 0.333. The molecule has 2 aliphatic rings. The first-order valence-corrected chi connectivity index (χ1v) is 7.44. The molecule has 0 fully saturated rings. The topological polar surface area (TPSA) is 44.5 Å². The van der Waals surface area contributed by atoms with Gasteiger partial charge >= 0.3 is 0 Å². The molecule has 0 amide bonds. The lowest BCUT2D eigenvalue weighted by atomic mass is 9.83. The summed E-state index contributed by atoms with van der Waals surface area (Å²) in [5.74, 6) is 1.86. The molecule has 0 aromatic heterocycles. The van der Waals surface area contributed by atoms with Gasteiger partial charge in [0.15, 0.2) is 0 Å². The van der Waals surface area contributed by atoms with Crippen LogP contribution in [0.5, 0.6) is 11.5 Å². The Hall–Kier alpha value is -2.00. The van der Waals surface area contributed by atoms with Gasteiger partial charge in [-0.3, -0.25) is 0 Å². The predicted octanol–water partition coefficient (Wildman–Crippen LogP) is 2.78. The first-order chi connectivity index (χ1) is 10.2. The van der Waals surface area contributed by atoms with E-state index in [1.807, 2.05) is 6.07 Å². The molecule has 0 spiro atoms. The van der Waals surface area contributed by atoms with Crippen molar-refractivity contribution in [2.24, 2.45) is 5.73 Å². The second-order valence-corrected chi connectivity index (χ2v) is 5.89. The van der Waals surface area contributed by atoms with Gasteiger partial charge in [0.05, 0.1) is 19.3 Å². The zero-order valence-electron chi connectivity index (χ0n) is 12.2. The van der Waals surface area contributed by atoms with Gasteiger partial charge in [-0.25, -0.2) is 0 Å². The van der Waals surface area contributed by atoms with E-state index in [4.69, 9.17) is 15.2 Å². The molecule has 0 saturated heterocycles. The number of methoxy groups -OCH3 is 1. The number of nitrogens with two attached hydrogens (primary N) is 1. The molecular formula is C18H19NO2. The summed E-state index contributed by atoms with van der Waals surface area (Å²) in [5, 5.41) is 0. The lowest BCUT2D eigenvalue weighted by Crippen LogP contribution is -2.35. The highest BCUT2D eigenvalue weighted by Gasteiger charge is 2.40. The third-order valence-corrected chi connectivity index (χ3v) is 4.78. The van der Waals surface area contributed by atoms with Crippen LogP contribution < -0.4 is 15.2 Å². The summed E-state index contributed by atoms with van der Waals surface area (Å²) < 4.78 is 11.2. The molecule has 1 heterocycles. The zero-order chi connectivity index (χ0) is 14.4. The Balaban J connectivity index is 1.89. The van der Waals surface area contributed by atoms with Crippen molar-refractivity contribution in [2.75, 3.05) is 13.7 Å². The molecule has 3 nitrogen and oxygen atoms in total. The standard InChI is InChI=1S/C18H19NO2/c1-20-14-6-5-12-7-9-18(19,16(12)11-14)15-4-2-3-13-8-10-21-17(13)15/h2-6,11H,7-10,19H2,1H3. The maximum Gasteiger partial charge on any atom is 0.128 e. The predicted molar refractivity (Wildman–Crippen MR) is 81.9 cm³/mol. The molecule has 2 N–H and O–H groups in total. The lowest BCUT2D eigenvalue weighted by Gasteiger charge is -2.28. The lowest BCUT2D eigenvalue weighted by molar-refractivity contribution is 0.345. The molecule has 3 heteroatoms. The largest absolute Gasteiger partial charge is 0.497 e. The highest BCUT2D eigenvalue weighted by atomic mass is 16.5. The minimum absolute atomic E-state index is 0.473. The van der Waals surface area contributed by atoms with Gasteiger partial charge in [0.2, 0.25) is 0 Å². The first kappa shape index (κ1) is 12.7. The fourth-order valence-corrected chi connectivity index (χ4v) is 3.63. The molecule has 1 atom stereocenters. The Kier molecular flexibility index (Phi) is 2.73. The van der Waals surface area contributed by atoms with Crippen molar-refractivity contribution in [2.45, 2.75) is 24.8 Å². The van der Waals surface area contributed by atoms with Crippen molar-refractivity contribution in [1.82, 2.24) is 0 Å². The molecule has 2 aromatic rings. The van der Waals surface area contributed by atoms with Gasteiger partial charge < -0.3 is 15.2 Å². The van der Waals surface area contributed by atoms with E-state index in [1.165, 1.54) is 16.7 Å². The molecule has 1 unspecified atom stereocenters. The number of fused-ring (bicyclic) bond motifs is 2. The van der Waals surface area contributed by atoms with E-state index in [0.29, 0.717) is 0 Å². The minimum Gasteiger partial charge on any atom is -0.497 e. The SMILES string of the molecule is COc1ccc2c(c1)C(N)(c1cccc3c1OCC3)CC2. The van der Waals surface area contributed by atoms with E-state index in [1.54, 1.807) is 7.11 Å². The van der Waals surface area contributed by atoms with Crippen molar-refractivity contribution in [3.63, 3.8) is 0 Å². The van der Waals surface area contributed by atoms with E-state index in [0.717, 1.165) is 42.9 Å². The minimum atomic E-state index is -0.473. The van der Waals surface area contributed by atoms with Gasteiger partial charge in [0.1, 0.15) is 11.5 Å². The third-order valence-electron chi connectivity index (χ3n) is 4.78. The number of aryl methyl sites for hydroxylation is 1. The molecule has 2 aromatic carbocycles. The van der Waals surface area contributed by atoms with E-state index in [2.05, 4.69) is 30.3 Å². The average molecular weight is 281 g/mol. The maximum atomic E-state index is 6.85. The Morgan fingerprint density at radius 2 is 2.00 bits per heavy atom. The molecule has 0 radical (unpaired) electrons. The van der Waals surface area contributed by atoms with E-state index in [9.17, 15) is 0 Å².